The summed E-state index contributed by atoms with van der Waals surface area (Å²) in [7, 11) is 0. The van der Waals surface area contributed by atoms with E-state index in [0.717, 1.165) is 17.7 Å². The minimum atomic E-state index is -4.34. The van der Waals surface area contributed by atoms with Crippen LogP contribution in [0.1, 0.15) is 37.4 Å². The molecule has 1 fully saturated rings. The third-order valence-corrected chi connectivity index (χ3v) is 4.59. The van der Waals surface area contributed by atoms with Crippen LogP contribution in [-0.2, 0) is 11.0 Å². The lowest BCUT2D eigenvalue weighted by Gasteiger charge is -2.21. The predicted octanol–water partition coefficient (Wildman–Crippen LogP) is 2.81. The van der Waals surface area contributed by atoms with Gasteiger partial charge in [-0.15, -0.1) is 0 Å². The molecule has 1 aliphatic heterocycles. The van der Waals surface area contributed by atoms with Crippen LogP contribution in [0.4, 0.5) is 13.2 Å². The first kappa shape index (κ1) is 20.7. The fraction of sp³-hybridized carbons (Fsp3) is 0.611. The lowest BCUT2D eigenvalue weighted by atomic mass is 9.93. The van der Waals surface area contributed by atoms with Crippen molar-refractivity contribution in [2.24, 2.45) is 17.8 Å². The summed E-state index contributed by atoms with van der Waals surface area (Å²) in [5.74, 6) is -0.845. The van der Waals surface area contributed by atoms with E-state index in [1.165, 1.54) is 12.1 Å². The Morgan fingerprint density at radius 3 is 2.50 bits per heavy atom. The molecule has 1 saturated heterocycles. The Morgan fingerprint density at radius 2 is 1.96 bits per heavy atom. The average molecular weight is 373 g/mol. The normalized spacial score (nSPS) is 21.9. The van der Waals surface area contributed by atoms with Gasteiger partial charge in [0.15, 0.2) is 0 Å². The van der Waals surface area contributed by atoms with Gasteiger partial charge in [0.1, 0.15) is 0 Å². The molecule has 0 aromatic heterocycles. The second-order valence-corrected chi connectivity index (χ2v) is 7.21. The second-order valence-electron chi connectivity index (χ2n) is 7.21. The number of hydrogen-bond acceptors (Lipinski definition) is 4. The van der Waals surface area contributed by atoms with Gasteiger partial charge in [0.05, 0.1) is 17.5 Å². The van der Waals surface area contributed by atoms with Gasteiger partial charge in [-0.25, -0.2) is 5.43 Å². The summed E-state index contributed by atoms with van der Waals surface area (Å²) in [4.78, 5) is 11.3. The smallest absolute Gasteiger partial charge is 0.416 e. The fourth-order valence-electron chi connectivity index (χ4n) is 3.24. The molecule has 1 heterocycles. The van der Waals surface area contributed by atoms with E-state index in [0.29, 0.717) is 32.0 Å². The molecule has 1 aromatic carbocycles. The van der Waals surface area contributed by atoms with Crippen LogP contribution in [0.25, 0.3) is 0 Å². The molecule has 8 heteroatoms. The summed E-state index contributed by atoms with van der Waals surface area (Å²) >= 11 is 0. The van der Waals surface area contributed by atoms with E-state index in [2.05, 4.69) is 16.2 Å². The Labute approximate surface area is 151 Å². The molecule has 1 aromatic rings. The molecule has 0 bridgehead atoms. The molecule has 26 heavy (non-hydrogen) atoms. The Bertz CT molecular complexity index is 590. The number of carboxylic acids is 1. The maximum Gasteiger partial charge on any atom is 0.416 e. The summed E-state index contributed by atoms with van der Waals surface area (Å²) in [6.07, 6.45) is -3.74. The third kappa shape index (κ3) is 5.69. The molecule has 0 radical (unpaired) electrons. The van der Waals surface area contributed by atoms with Gasteiger partial charge in [0, 0.05) is 25.6 Å². The summed E-state index contributed by atoms with van der Waals surface area (Å²) in [6.45, 7) is 5.58. The first-order valence-electron chi connectivity index (χ1n) is 8.77. The highest BCUT2D eigenvalue weighted by Crippen LogP contribution is 2.31. The van der Waals surface area contributed by atoms with Crippen molar-refractivity contribution in [2.75, 3.05) is 19.6 Å². The number of hydrogen-bond donors (Lipinski definition) is 4. The van der Waals surface area contributed by atoms with Crippen LogP contribution in [0.2, 0.25) is 0 Å². The maximum atomic E-state index is 12.7. The Kier molecular flexibility index (Phi) is 7.02. The van der Waals surface area contributed by atoms with Gasteiger partial charge in [-0.3, -0.25) is 10.2 Å². The van der Waals surface area contributed by atoms with Gasteiger partial charge in [0.25, 0.3) is 0 Å². The first-order valence-corrected chi connectivity index (χ1v) is 8.77. The van der Waals surface area contributed by atoms with Crippen molar-refractivity contribution in [1.29, 1.82) is 0 Å². The minimum absolute atomic E-state index is 0.111. The summed E-state index contributed by atoms with van der Waals surface area (Å²) in [5, 5.41) is 12.5. The van der Waals surface area contributed by atoms with Crippen molar-refractivity contribution in [3.05, 3.63) is 35.4 Å². The van der Waals surface area contributed by atoms with Crippen LogP contribution in [0, 0.1) is 17.8 Å². The third-order valence-electron chi connectivity index (χ3n) is 4.59. The van der Waals surface area contributed by atoms with E-state index in [-0.39, 0.29) is 12.0 Å². The van der Waals surface area contributed by atoms with Gasteiger partial charge in [0.2, 0.25) is 0 Å². The van der Waals surface area contributed by atoms with Gasteiger partial charge in [-0.1, -0.05) is 26.0 Å². The molecule has 146 valence electrons. The second kappa shape index (κ2) is 8.83. The molecular weight excluding hydrogens is 347 g/mol. The topological polar surface area (TPSA) is 73.4 Å². The van der Waals surface area contributed by atoms with Crippen molar-refractivity contribution in [3.8, 4) is 0 Å². The van der Waals surface area contributed by atoms with E-state index in [9.17, 15) is 23.1 Å². The van der Waals surface area contributed by atoms with Crippen LogP contribution >= 0.6 is 0 Å². The zero-order valence-electron chi connectivity index (χ0n) is 14.9. The number of aliphatic carboxylic acids is 1. The largest absolute Gasteiger partial charge is 0.481 e. The predicted molar refractivity (Wildman–Crippen MR) is 92.3 cm³/mol. The number of carbonyl (C=O) groups is 1. The molecular formula is C18H26F3N3O2. The monoisotopic (exact) mass is 373 g/mol. The highest BCUT2D eigenvalue weighted by Gasteiger charge is 2.32. The molecule has 3 atom stereocenters. The number of alkyl halides is 3. The molecule has 0 amide bonds. The number of hydrazine groups is 1. The summed E-state index contributed by atoms with van der Waals surface area (Å²) < 4.78 is 38.1. The highest BCUT2D eigenvalue weighted by molar-refractivity contribution is 5.70. The zero-order valence-corrected chi connectivity index (χ0v) is 14.9. The van der Waals surface area contributed by atoms with Crippen LogP contribution in [0.3, 0.4) is 0 Å². The number of carboxylic acid groups (broad SMARTS) is 1. The molecule has 0 aliphatic carbocycles. The molecule has 3 unspecified atom stereocenters. The zero-order chi connectivity index (χ0) is 19.3. The Balaban J connectivity index is 1.92. The molecule has 2 rings (SSSR count). The van der Waals surface area contributed by atoms with Crippen molar-refractivity contribution >= 4 is 5.97 Å². The van der Waals surface area contributed by atoms with E-state index in [1.807, 2.05) is 13.8 Å². The van der Waals surface area contributed by atoms with Crippen LogP contribution < -0.4 is 16.2 Å². The number of nitrogens with one attached hydrogen (secondary N) is 3. The van der Waals surface area contributed by atoms with Gasteiger partial charge in [-0.05, 0) is 30.0 Å². The van der Waals surface area contributed by atoms with Crippen molar-refractivity contribution in [2.45, 2.75) is 32.5 Å². The lowest BCUT2D eigenvalue weighted by Crippen LogP contribution is -2.34. The highest BCUT2D eigenvalue weighted by atomic mass is 19.4. The van der Waals surface area contributed by atoms with Crippen LogP contribution in [0.5, 0.6) is 0 Å². The van der Waals surface area contributed by atoms with Crippen molar-refractivity contribution in [1.82, 2.24) is 16.2 Å². The SMILES string of the molecule is CC(C)CC(CNCC1CNNC1c1ccc(C(F)(F)F)cc1)C(=O)O. The Hall–Kier alpha value is -1.64. The standard InChI is InChI=1S/C18H26F3N3O2/c1-11(2)7-13(17(25)26)8-22-9-14-10-23-24-16(14)12-3-5-15(6-4-12)18(19,20)21/h3-6,11,13-14,16,22-24H,7-10H2,1-2H3,(H,25,26). The van der Waals surface area contributed by atoms with E-state index < -0.39 is 23.6 Å². The fourth-order valence-corrected chi connectivity index (χ4v) is 3.24. The van der Waals surface area contributed by atoms with Gasteiger partial charge in [-0.2, -0.15) is 13.2 Å². The average Bonchev–Trinajstić information content (AvgIpc) is 3.01. The number of benzene rings is 1. The molecule has 4 N–H and O–H groups in total. The Morgan fingerprint density at radius 1 is 1.31 bits per heavy atom. The van der Waals surface area contributed by atoms with Crippen LogP contribution in [-0.4, -0.2) is 30.7 Å². The molecule has 1 aliphatic rings. The number of rotatable bonds is 8. The molecule has 0 spiro atoms. The van der Waals surface area contributed by atoms with E-state index >= 15 is 0 Å². The minimum Gasteiger partial charge on any atom is -0.481 e. The van der Waals surface area contributed by atoms with E-state index in [4.69, 9.17) is 0 Å². The maximum absolute atomic E-state index is 12.7. The lowest BCUT2D eigenvalue weighted by molar-refractivity contribution is -0.142. The molecule has 0 saturated carbocycles. The van der Waals surface area contributed by atoms with Gasteiger partial charge < -0.3 is 10.4 Å². The first-order chi connectivity index (χ1) is 12.2. The molecule has 5 nitrogen and oxygen atoms in total. The summed E-state index contributed by atoms with van der Waals surface area (Å²) in [6, 6.07) is 5.02. The summed E-state index contributed by atoms with van der Waals surface area (Å²) in [5.41, 5.74) is 6.22. The van der Waals surface area contributed by atoms with Crippen molar-refractivity contribution < 1.29 is 23.1 Å². The van der Waals surface area contributed by atoms with Crippen LogP contribution in [0.15, 0.2) is 24.3 Å². The van der Waals surface area contributed by atoms with Crippen molar-refractivity contribution in [3.63, 3.8) is 0 Å². The quantitative estimate of drug-likeness (QED) is 0.564. The number of halogens is 3. The van der Waals surface area contributed by atoms with E-state index in [1.54, 1.807) is 0 Å². The van der Waals surface area contributed by atoms with Gasteiger partial charge >= 0.3 is 12.1 Å².